The van der Waals surface area contributed by atoms with Gasteiger partial charge in [0.1, 0.15) is 12.4 Å². The first-order valence-electron chi connectivity index (χ1n) is 9.37. The predicted molar refractivity (Wildman–Crippen MR) is 113 cm³/mol. The van der Waals surface area contributed by atoms with Crippen molar-refractivity contribution < 1.29 is 4.74 Å². The highest BCUT2D eigenvalue weighted by molar-refractivity contribution is 14.0. The topological polar surface area (TPSA) is 49.8 Å². The summed E-state index contributed by atoms with van der Waals surface area (Å²) in [5.74, 6) is 1.86. The van der Waals surface area contributed by atoms with Gasteiger partial charge in [0.2, 0.25) is 0 Å². The van der Waals surface area contributed by atoms with E-state index in [-0.39, 0.29) is 24.0 Å². The summed E-state index contributed by atoms with van der Waals surface area (Å²) < 4.78 is 5.69. The van der Waals surface area contributed by atoms with Gasteiger partial charge in [0.15, 0.2) is 5.96 Å². The van der Waals surface area contributed by atoms with E-state index in [4.69, 9.17) is 9.73 Å². The molecule has 0 unspecified atom stereocenters. The molecular formula is C19H31IN4O. The van der Waals surface area contributed by atoms with E-state index < -0.39 is 0 Å². The molecule has 0 aromatic carbocycles. The van der Waals surface area contributed by atoms with Crippen molar-refractivity contribution in [1.29, 1.82) is 0 Å². The Morgan fingerprint density at radius 1 is 1.32 bits per heavy atom. The lowest BCUT2D eigenvalue weighted by Crippen LogP contribution is -2.41. The van der Waals surface area contributed by atoms with Gasteiger partial charge in [0.05, 0.1) is 12.7 Å². The van der Waals surface area contributed by atoms with E-state index in [1.54, 1.807) is 12.4 Å². The first-order valence-corrected chi connectivity index (χ1v) is 9.37. The average molecular weight is 458 g/mol. The minimum absolute atomic E-state index is 0. The predicted octanol–water partition coefficient (Wildman–Crippen LogP) is 3.70. The second-order valence-corrected chi connectivity index (χ2v) is 7.01. The van der Waals surface area contributed by atoms with Crippen molar-refractivity contribution in [3.8, 4) is 5.75 Å². The van der Waals surface area contributed by atoms with Crippen molar-refractivity contribution in [3.63, 3.8) is 0 Å². The molecule has 140 valence electrons. The van der Waals surface area contributed by atoms with Crippen molar-refractivity contribution in [2.75, 3.05) is 32.8 Å². The quantitative estimate of drug-likeness (QED) is 0.317. The zero-order valence-electron chi connectivity index (χ0n) is 15.2. The smallest absolute Gasteiger partial charge is 0.194 e. The lowest BCUT2D eigenvalue weighted by molar-refractivity contribution is 0.203. The molecule has 5 nitrogen and oxygen atoms in total. The highest BCUT2D eigenvalue weighted by atomic mass is 127. The fourth-order valence-corrected chi connectivity index (χ4v) is 4.00. The van der Waals surface area contributed by atoms with Crippen molar-refractivity contribution >= 4 is 29.9 Å². The van der Waals surface area contributed by atoms with E-state index in [0.717, 1.165) is 24.8 Å². The van der Waals surface area contributed by atoms with Gasteiger partial charge in [-0.25, -0.2) is 4.99 Å². The molecule has 1 aliphatic carbocycles. The minimum atomic E-state index is 0. The Hall–Kier alpha value is -1.05. The van der Waals surface area contributed by atoms with Crippen LogP contribution >= 0.6 is 24.0 Å². The van der Waals surface area contributed by atoms with Gasteiger partial charge in [-0.2, -0.15) is 0 Å². The molecule has 0 bridgehead atoms. The maximum absolute atomic E-state index is 5.69. The Bertz CT molecular complexity index is 531. The van der Waals surface area contributed by atoms with Gasteiger partial charge in [0, 0.05) is 25.8 Å². The molecule has 0 amide bonds. The molecule has 1 saturated carbocycles. The third-order valence-corrected chi connectivity index (χ3v) is 5.24. The summed E-state index contributed by atoms with van der Waals surface area (Å²) in [6.07, 6.45) is 11.8. The number of guanidine groups is 1. The highest BCUT2D eigenvalue weighted by Gasteiger charge is 2.39. The molecule has 2 fully saturated rings. The van der Waals surface area contributed by atoms with Crippen LogP contribution in [0.4, 0.5) is 0 Å². The van der Waals surface area contributed by atoms with E-state index in [9.17, 15) is 0 Å². The molecule has 6 heteroatoms. The van der Waals surface area contributed by atoms with E-state index in [0.29, 0.717) is 18.6 Å². The molecule has 1 N–H and O–H groups in total. The lowest BCUT2D eigenvalue weighted by atomic mass is 9.73. The lowest BCUT2D eigenvalue weighted by Gasteiger charge is -2.33. The van der Waals surface area contributed by atoms with Gasteiger partial charge in [-0.05, 0) is 43.7 Å². The number of nitrogens with zero attached hydrogens (tertiary/aromatic N) is 3. The van der Waals surface area contributed by atoms with Crippen LogP contribution in [-0.2, 0) is 0 Å². The number of aliphatic imine (C=N–C) groups is 1. The number of hydrogen-bond acceptors (Lipinski definition) is 3. The number of hydrogen-bond donors (Lipinski definition) is 1. The molecule has 1 aliphatic heterocycles. The number of halogens is 1. The maximum Gasteiger partial charge on any atom is 0.194 e. The Kier molecular flexibility index (Phi) is 8.26. The first-order chi connectivity index (χ1) is 11.8. The highest BCUT2D eigenvalue weighted by Crippen LogP contribution is 2.43. The number of aromatic nitrogens is 1. The summed E-state index contributed by atoms with van der Waals surface area (Å²) in [7, 11) is 0. The van der Waals surface area contributed by atoms with Crippen LogP contribution in [-0.4, -0.2) is 48.6 Å². The van der Waals surface area contributed by atoms with Crippen molar-refractivity contribution in [2.45, 2.75) is 45.4 Å². The van der Waals surface area contributed by atoms with E-state index in [1.165, 1.54) is 45.1 Å². The molecule has 25 heavy (non-hydrogen) atoms. The van der Waals surface area contributed by atoms with Gasteiger partial charge in [0.25, 0.3) is 0 Å². The summed E-state index contributed by atoms with van der Waals surface area (Å²) in [5.41, 5.74) is 0.556. The fraction of sp³-hybridized carbons (Fsp3) is 0.684. The molecular weight excluding hydrogens is 427 g/mol. The second-order valence-electron chi connectivity index (χ2n) is 7.01. The third kappa shape index (κ3) is 5.72. The molecule has 1 aromatic rings. The third-order valence-electron chi connectivity index (χ3n) is 5.24. The van der Waals surface area contributed by atoms with Crippen LogP contribution in [0.15, 0.2) is 29.5 Å². The van der Waals surface area contributed by atoms with Gasteiger partial charge in [-0.3, -0.25) is 4.98 Å². The van der Waals surface area contributed by atoms with E-state index >= 15 is 0 Å². The van der Waals surface area contributed by atoms with Crippen LogP contribution in [0.1, 0.15) is 45.4 Å². The van der Waals surface area contributed by atoms with Crippen LogP contribution in [0.5, 0.6) is 5.75 Å². The average Bonchev–Trinajstić information content (AvgIpc) is 3.02. The van der Waals surface area contributed by atoms with Crippen molar-refractivity contribution in [1.82, 2.24) is 15.2 Å². The standard InChI is InChI=1S/C19H30N4O.HI/c1-2-21-18(22-12-14-24-17-7-6-11-20-15-17)23-13-10-19(16-23)8-4-3-5-9-19;/h6-7,11,15H,2-5,8-10,12-14,16H2,1H3,(H,21,22);1H. The summed E-state index contributed by atoms with van der Waals surface area (Å²) in [4.78, 5) is 11.3. The van der Waals surface area contributed by atoms with E-state index in [2.05, 4.69) is 22.1 Å². The number of rotatable bonds is 5. The second kappa shape index (κ2) is 10.2. The number of likely N-dealkylation sites (tertiary alicyclic amines) is 1. The SMILES string of the molecule is CCNC(=NCCOc1cccnc1)N1CCC2(CCCCC2)C1.I. The zero-order valence-corrected chi connectivity index (χ0v) is 17.6. The largest absolute Gasteiger partial charge is 0.490 e. The van der Waals surface area contributed by atoms with Gasteiger partial charge in [-0.15, -0.1) is 24.0 Å². The van der Waals surface area contributed by atoms with Crippen molar-refractivity contribution in [3.05, 3.63) is 24.5 Å². The monoisotopic (exact) mass is 458 g/mol. The van der Waals surface area contributed by atoms with Crippen molar-refractivity contribution in [2.24, 2.45) is 10.4 Å². The Labute approximate surface area is 168 Å². The fourth-order valence-electron chi connectivity index (χ4n) is 4.00. The molecule has 2 aliphatic rings. The van der Waals surface area contributed by atoms with E-state index in [1.807, 2.05) is 12.1 Å². The summed E-state index contributed by atoms with van der Waals surface area (Å²) in [6, 6.07) is 3.81. The summed E-state index contributed by atoms with van der Waals surface area (Å²) in [6.45, 7) is 6.60. The molecule has 1 aromatic heterocycles. The molecule has 3 rings (SSSR count). The van der Waals surface area contributed by atoms with Crippen LogP contribution in [0.2, 0.25) is 0 Å². The number of pyridine rings is 1. The van der Waals surface area contributed by atoms with Gasteiger partial charge in [-0.1, -0.05) is 19.3 Å². The Morgan fingerprint density at radius 2 is 2.16 bits per heavy atom. The molecule has 1 spiro atoms. The Morgan fingerprint density at radius 3 is 2.88 bits per heavy atom. The summed E-state index contributed by atoms with van der Waals surface area (Å²) >= 11 is 0. The normalized spacial score (nSPS) is 19.6. The number of ether oxygens (including phenoxy) is 1. The summed E-state index contributed by atoms with van der Waals surface area (Å²) in [5, 5.41) is 3.45. The molecule has 1 saturated heterocycles. The Balaban J connectivity index is 0.00000225. The van der Waals surface area contributed by atoms with Crippen LogP contribution in [0.25, 0.3) is 0 Å². The van der Waals surface area contributed by atoms with Crippen LogP contribution < -0.4 is 10.1 Å². The van der Waals surface area contributed by atoms with Gasteiger partial charge >= 0.3 is 0 Å². The first kappa shape index (κ1) is 20.3. The number of nitrogens with one attached hydrogen (secondary N) is 1. The molecule has 0 radical (unpaired) electrons. The maximum atomic E-state index is 5.69. The minimum Gasteiger partial charge on any atom is -0.490 e. The van der Waals surface area contributed by atoms with Crippen LogP contribution in [0.3, 0.4) is 0 Å². The van der Waals surface area contributed by atoms with Crippen LogP contribution in [0, 0.1) is 5.41 Å². The van der Waals surface area contributed by atoms with Gasteiger partial charge < -0.3 is 15.0 Å². The zero-order chi connectivity index (χ0) is 16.7. The molecule has 2 heterocycles. The molecule has 0 atom stereocenters.